The fourth-order valence-electron chi connectivity index (χ4n) is 5.15. The molecule has 5 rings (SSSR count). The lowest BCUT2D eigenvalue weighted by Gasteiger charge is -2.31. The van der Waals surface area contributed by atoms with Crippen LogP contribution in [0.3, 0.4) is 0 Å². The summed E-state index contributed by atoms with van der Waals surface area (Å²) in [7, 11) is 0. The molecule has 1 N–H and O–H groups in total. The van der Waals surface area contributed by atoms with E-state index in [1.165, 1.54) is 6.07 Å². The molecule has 11 heteroatoms. The van der Waals surface area contributed by atoms with Gasteiger partial charge in [0, 0.05) is 17.0 Å². The van der Waals surface area contributed by atoms with Gasteiger partial charge in [-0.05, 0) is 71.2 Å². The molecule has 0 bridgehead atoms. The fraction of sp³-hybridized carbons (Fsp3) is 0.161. The molecule has 0 saturated carbocycles. The highest BCUT2D eigenvalue weighted by atomic mass is 35.5. The van der Waals surface area contributed by atoms with Crippen molar-refractivity contribution in [1.82, 2.24) is 0 Å². The topological polar surface area (TPSA) is 137 Å². The van der Waals surface area contributed by atoms with Crippen molar-refractivity contribution in [1.29, 1.82) is 0 Å². The first-order valence-corrected chi connectivity index (χ1v) is 13.5. The van der Waals surface area contributed by atoms with Gasteiger partial charge < -0.3 is 4.74 Å². The Morgan fingerprint density at radius 2 is 1.76 bits per heavy atom. The second-order valence-corrected chi connectivity index (χ2v) is 10.1. The Bertz CT molecular complexity index is 1770. The van der Waals surface area contributed by atoms with Crippen molar-refractivity contribution in [3.63, 3.8) is 0 Å². The Morgan fingerprint density at radius 3 is 2.48 bits per heavy atom. The number of ether oxygens (including phenoxy) is 1. The molecular formula is C31H25ClN4O6. The van der Waals surface area contributed by atoms with Gasteiger partial charge in [0.2, 0.25) is 0 Å². The second kappa shape index (κ2) is 12.2. The Balaban J connectivity index is 1.65. The number of halogens is 1. The van der Waals surface area contributed by atoms with Crippen LogP contribution in [0, 0.1) is 26.1 Å². The molecule has 4 aromatic carbocycles. The molecule has 0 fully saturated rings. The molecule has 2 unspecified atom stereocenters. The van der Waals surface area contributed by atoms with Crippen LogP contribution in [0.1, 0.15) is 30.4 Å². The van der Waals surface area contributed by atoms with Crippen LogP contribution in [0.5, 0.6) is 0 Å². The van der Waals surface area contributed by atoms with E-state index < -0.39 is 39.0 Å². The van der Waals surface area contributed by atoms with Gasteiger partial charge in [0.1, 0.15) is 11.6 Å². The molecule has 0 aromatic heterocycles. The zero-order chi connectivity index (χ0) is 29.8. The predicted molar refractivity (Wildman–Crippen MR) is 162 cm³/mol. The first kappa shape index (κ1) is 28.4. The minimum atomic E-state index is -0.864. The molecular weight excluding hydrogens is 560 g/mol. The molecule has 212 valence electrons. The summed E-state index contributed by atoms with van der Waals surface area (Å²) < 4.78 is 5.46. The summed E-state index contributed by atoms with van der Waals surface area (Å²) in [6, 6.07) is 24.5. The van der Waals surface area contributed by atoms with Crippen molar-refractivity contribution in [2.45, 2.75) is 19.3 Å². The van der Waals surface area contributed by atoms with Crippen LogP contribution in [-0.4, -0.2) is 28.1 Å². The summed E-state index contributed by atoms with van der Waals surface area (Å²) in [4.78, 5) is 34.9. The highest BCUT2D eigenvalue weighted by molar-refractivity contribution is 6.30. The molecule has 0 amide bonds. The highest BCUT2D eigenvalue weighted by Gasteiger charge is 2.39. The number of nitrogens with zero attached hydrogens (tertiary/aromatic N) is 3. The van der Waals surface area contributed by atoms with Gasteiger partial charge in [-0.1, -0.05) is 60.1 Å². The SMILES string of the molecule is CCOC(=O)C1/C(=N/Nc2ccc([N+](=O)[O-])cc2[N+](=O)[O-])C=C(c2ccc3ccccc3c2)CC1c1cccc(Cl)c1. The van der Waals surface area contributed by atoms with Crippen LogP contribution in [-0.2, 0) is 9.53 Å². The van der Waals surface area contributed by atoms with Crippen molar-refractivity contribution in [2.75, 3.05) is 12.0 Å². The van der Waals surface area contributed by atoms with E-state index in [1.807, 2.05) is 48.5 Å². The quantitative estimate of drug-likeness (QED) is 0.128. The van der Waals surface area contributed by atoms with E-state index in [0.717, 1.165) is 39.6 Å². The van der Waals surface area contributed by atoms with Crippen molar-refractivity contribution in [2.24, 2.45) is 11.0 Å². The molecule has 10 nitrogen and oxygen atoms in total. The number of nitro groups is 2. The molecule has 2 atom stereocenters. The van der Waals surface area contributed by atoms with Crippen LogP contribution >= 0.6 is 11.6 Å². The van der Waals surface area contributed by atoms with Gasteiger partial charge in [-0.3, -0.25) is 30.4 Å². The van der Waals surface area contributed by atoms with Crippen LogP contribution in [0.2, 0.25) is 5.02 Å². The maximum atomic E-state index is 13.4. The third-order valence-electron chi connectivity index (χ3n) is 7.11. The van der Waals surface area contributed by atoms with Gasteiger partial charge in [-0.25, -0.2) is 0 Å². The Morgan fingerprint density at radius 1 is 0.976 bits per heavy atom. The van der Waals surface area contributed by atoms with Gasteiger partial charge in [0.15, 0.2) is 0 Å². The number of esters is 1. The maximum Gasteiger partial charge on any atom is 0.315 e. The van der Waals surface area contributed by atoms with Crippen molar-refractivity contribution < 1.29 is 19.4 Å². The van der Waals surface area contributed by atoms with Gasteiger partial charge in [-0.15, -0.1) is 0 Å². The minimum Gasteiger partial charge on any atom is -0.465 e. The summed E-state index contributed by atoms with van der Waals surface area (Å²) in [5, 5.41) is 30.0. The van der Waals surface area contributed by atoms with E-state index in [2.05, 4.69) is 16.6 Å². The molecule has 0 radical (unpaired) electrons. The zero-order valence-corrected chi connectivity index (χ0v) is 23.2. The number of nitrogens with one attached hydrogen (secondary N) is 1. The number of hydrazone groups is 1. The monoisotopic (exact) mass is 584 g/mol. The number of fused-ring (bicyclic) bond motifs is 1. The third kappa shape index (κ3) is 5.98. The van der Waals surface area contributed by atoms with E-state index >= 15 is 0 Å². The molecule has 1 aliphatic rings. The smallest absolute Gasteiger partial charge is 0.315 e. The van der Waals surface area contributed by atoms with Crippen LogP contribution in [0.25, 0.3) is 16.3 Å². The van der Waals surface area contributed by atoms with Gasteiger partial charge >= 0.3 is 11.7 Å². The third-order valence-corrected chi connectivity index (χ3v) is 7.35. The van der Waals surface area contributed by atoms with Crippen LogP contribution in [0.4, 0.5) is 17.1 Å². The number of carbonyl (C=O) groups is 1. The predicted octanol–water partition coefficient (Wildman–Crippen LogP) is 7.53. The summed E-state index contributed by atoms with van der Waals surface area (Å²) in [5.41, 5.74) is 4.59. The largest absolute Gasteiger partial charge is 0.465 e. The number of benzene rings is 4. The average molecular weight is 585 g/mol. The molecule has 1 aliphatic carbocycles. The first-order chi connectivity index (χ1) is 20.2. The number of nitro benzene ring substituents is 2. The van der Waals surface area contributed by atoms with Gasteiger partial charge in [0.05, 0.1) is 28.2 Å². The lowest BCUT2D eigenvalue weighted by Crippen LogP contribution is -2.34. The fourth-order valence-corrected chi connectivity index (χ4v) is 5.35. The number of carbonyl (C=O) groups excluding carboxylic acids is 1. The maximum absolute atomic E-state index is 13.4. The van der Waals surface area contributed by atoms with Crippen molar-refractivity contribution in [3.8, 4) is 0 Å². The van der Waals surface area contributed by atoms with Crippen molar-refractivity contribution >= 4 is 56.7 Å². The lowest BCUT2D eigenvalue weighted by atomic mass is 9.73. The Hall–Kier alpha value is -5.09. The second-order valence-electron chi connectivity index (χ2n) is 9.69. The summed E-state index contributed by atoms with van der Waals surface area (Å²) >= 11 is 6.35. The Labute approximate surface area is 245 Å². The number of anilines is 1. The van der Waals surface area contributed by atoms with Crippen molar-refractivity contribution in [3.05, 3.63) is 127 Å². The molecule has 0 saturated heterocycles. The number of non-ortho nitro benzene ring substituents is 1. The zero-order valence-electron chi connectivity index (χ0n) is 22.4. The number of hydrogen-bond acceptors (Lipinski definition) is 8. The van der Waals surface area contributed by atoms with E-state index in [-0.39, 0.29) is 12.3 Å². The molecule has 0 heterocycles. The van der Waals surface area contributed by atoms with Crippen LogP contribution < -0.4 is 5.43 Å². The summed E-state index contributed by atoms with van der Waals surface area (Å²) in [6.45, 7) is 1.86. The Kier molecular flexibility index (Phi) is 8.26. The normalized spacial score (nSPS) is 17.5. The van der Waals surface area contributed by atoms with E-state index in [9.17, 15) is 25.0 Å². The molecule has 0 spiro atoms. The number of allylic oxidation sites excluding steroid dienone is 2. The standard InChI is InChI=1S/C31H25ClN4O6/c1-2-42-31(37)30-26(22-8-5-9-24(32)15-22)16-23(21-11-10-19-6-3-4-7-20(19)14-21)17-28(30)34-33-27-13-12-25(35(38)39)18-29(27)36(40)41/h3-15,17-18,26,30,33H,2,16H2,1H3/b34-28+. The molecule has 42 heavy (non-hydrogen) atoms. The van der Waals surface area contributed by atoms with E-state index in [1.54, 1.807) is 25.1 Å². The molecule has 0 aliphatic heterocycles. The minimum absolute atomic E-state index is 0.0637. The number of hydrogen-bond donors (Lipinski definition) is 1. The van der Waals surface area contributed by atoms with Gasteiger partial charge in [0.25, 0.3) is 5.69 Å². The molecule has 4 aromatic rings. The number of rotatable bonds is 8. The first-order valence-electron chi connectivity index (χ1n) is 13.1. The highest BCUT2D eigenvalue weighted by Crippen LogP contribution is 2.42. The van der Waals surface area contributed by atoms with Gasteiger partial charge in [-0.2, -0.15) is 5.10 Å². The average Bonchev–Trinajstić information content (AvgIpc) is 2.99. The summed E-state index contributed by atoms with van der Waals surface area (Å²) in [5.74, 6) is -1.78. The summed E-state index contributed by atoms with van der Waals surface area (Å²) in [6.07, 6.45) is 2.26. The van der Waals surface area contributed by atoms with E-state index in [0.29, 0.717) is 17.2 Å². The van der Waals surface area contributed by atoms with E-state index in [4.69, 9.17) is 16.3 Å². The lowest BCUT2D eigenvalue weighted by molar-refractivity contribution is -0.393. The van der Waals surface area contributed by atoms with Crippen LogP contribution in [0.15, 0.2) is 96.1 Å².